The zero-order valence-corrected chi connectivity index (χ0v) is 13.4. The smallest absolute Gasteiger partial charge is 0.391 e. The largest absolute Gasteiger partial charge is 0.416 e. The van der Waals surface area contributed by atoms with E-state index >= 15 is 0 Å². The van der Waals surface area contributed by atoms with E-state index in [1.165, 1.54) is 6.07 Å². The van der Waals surface area contributed by atoms with Crippen LogP contribution in [0.25, 0.3) is 0 Å². The first-order valence-corrected chi connectivity index (χ1v) is 7.44. The van der Waals surface area contributed by atoms with Crippen molar-refractivity contribution in [2.45, 2.75) is 24.7 Å². The molecule has 0 aromatic heterocycles. The monoisotopic (exact) mass is 366 g/mol. The molecule has 1 fully saturated rings. The number of hydrogen-bond acceptors (Lipinski definition) is 3. The van der Waals surface area contributed by atoms with Gasteiger partial charge < -0.3 is 14.9 Å². The predicted octanol–water partition coefficient (Wildman–Crippen LogP) is 2.97. The second-order valence-electron chi connectivity index (χ2n) is 5.62. The van der Waals surface area contributed by atoms with Crippen LogP contribution in [0.5, 0.6) is 0 Å². The van der Waals surface area contributed by atoms with Crippen LogP contribution >= 0.6 is 15.9 Å². The maximum atomic E-state index is 12.7. The van der Waals surface area contributed by atoms with Crippen molar-refractivity contribution in [1.29, 1.82) is 0 Å². The lowest BCUT2D eigenvalue weighted by atomic mass is 10.1. The number of likely N-dealkylation sites (N-methyl/N-ethyl adjacent to an activating group) is 1. The van der Waals surface area contributed by atoms with Gasteiger partial charge in [-0.3, -0.25) is 0 Å². The van der Waals surface area contributed by atoms with Crippen LogP contribution < -0.4 is 4.90 Å². The molecule has 118 valence electrons. The van der Waals surface area contributed by atoms with E-state index in [1.807, 2.05) is 23.9 Å². The Bertz CT molecular complexity index is 507. The minimum absolute atomic E-state index is 0.0861. The van der Waals surface area contributed by atoms with Gasteiger partial charge in [0.25, 0.3) is 0 Å². The van der Waals surface area contributed by atoms with Gasteiger partial charge in [-0.15, -0.1) is 0 Å². The first kappa shape index (κ1) is 16.6. The summed E-state index contributed by atoms with van der Waals surface area (Å²) in [5, 5.41) is 9.86. The highest BCUT2D eigenvalue weighted by Gasteiger charge is 2.34. The van der Waals surface area contributed by atoms with Crippen molar-refractivity contribution in [3.8, 4) is 0 Å². The van der Waals surface area contributed by atoms with E-state index in [2.05, 4.69) is 15.9 Å². The van der Waals surface area contributed by atoms with Crippen LogP contribution in [0.1, 0.15) is 12.0 Å². The number of hydrogen-bond donors (Lipinski definition) is 1. The fourth-order valence-electron chi connectivity index (χ4n) is 2.70. The van der Waals surface area contributed by atoms with Gasteiger partial charge in [-0.1, -0.05) is 0 Å². The molecule has 0 saturated carbocycles. The van der Waals surface area contributed by atoms with Gasteiger partial charge in [0, 0.05) is 23.6 Å². The number of halogens is 4. The molecule has 3 nitrogen and oxygen atoms in total. The van der Waals surface area contributed by atoms with Crippen LogP contribution in [0.4, 0.5) is 18.9 Å². The third-order valence-corrected chi connectivity index (χ3v) is 4.19. The van der Waals surface area contributed by atoms with Gasteiger partial charge in [0.1, 0.15) is 0 Å². The van der Waals surface area contributed by atoms with Crippen molar-refractivity contribution in [2.24, 2.45) is 0 Å². The molecule has 0 amide bonds. The standard InChI is InChI=1S/C14H18BrF3N2O/c1-19(2)7-10-6-11(21)8-20(10)13-4-3-9(5-12(13)15)14(16,17)18/h3-5,10-11,21H,6-8H2,1-2H3. The van der Waals surface area contributed by atoms with Crippen molar-refractivity contribution < 1.29 is 18.3 Å². The van der Waals surface area contributed by atoms with Crippen LogP contribution in [-0.2, 0) is 6.18 Å². The van der Waals surface area contributed by atoms with Gasteiger partial charge in [-0.2, -0.15) is 13.2 Å². The van der Waals surface area contributed by atoms with Crippen molar-refractivity contribution >= 4 is 21.6 Å². The van der Waals surface area contributed by atoms with Crippen molar-refractivity contribution in [3.05, 3.63) is 28.2 Å². The molecule has 1 aromatic carbocycles. The summed E-state index contributed by atoms with van der Waals surface area (Å²) in [5.74, 6) is 0. The Labute approximate surface area is 130 Å². The fourth-order valence-corrected chi connectivity index (χ4v) is 3.30. The Balaban J connectivity index is 2.28. The van der Waals surface area contributed by atoms with Gasteiger partial charge in [-0.25, -0.2) is 0 Å². The summed E-state index contributed by atoms with van der Waals surface area (Å²) in [6.07, 6.45) is -4.19. The number of aliphatic hydroxyl groups is 1. The third-order valence-electron chi connectivity index (χ3n) is 3.55. The maximum Gasteiger partial charge on any atom is 0.416 e. The average Bonchev–Trinajstić information content (AvgIpc) is 2.67. The van der Waals surface area contributed by atoms with E-state index in [-0.39, 0.29) is 6.04 Å². The maximum absolute atomic E-state index is 12.7. The summed E-state index contributed by atoms with van der Waals surface area (Å²) < 4.78 is 38.5. The predicted molar refractivity (Wildman–Crippen MR) is 79.5 cm³/mol. The minimum atomic E-state index is -4.35. The molecule has 0 radical (unpaired) electrons. The van der Waals surface area contributed by atoms with Crippen molar-refractivity contribution in [3.63, 3.8) is 0 Å². The minimum Gasteiger partial charge on any atom is -0.391 e. The summed E-state index contributed by atoms with van der Waals surface area (Å²) in [6.45, 7) is 1.17. The molecule has 0 spiro atoms. The molecule has 21 heavy (non-hydrogen) atoms. The van der Waals surface area contributed by atoms with E-state index in [9.17, 15) is 18.3 Å². The first-order chi connectivity index (χ1) is 9.68. The second kappa shape index (κ2) is 6.14. The van der Waals surface area contributed by atoms with Crippen molar-refractivity contribution in [2.75, 3.05) is 32.1 Å². The fraction of sp³-hybridized carbons (Fsp3) is 0.571. The number of alkyl halides is 3. The van der Waals surface area contributed by atoms with Gasteiger partial charge >= 0.3 is 6.18 Å². The molecule has 0 bridgehead atoms. The van der Waals surface area contributed by atoms with Gasteiger partial charge in [0.2, 0.25) is 0 Å². The molecule has 1 aliphatic heterocycles. The third kappa shape index (κ3) is 3.90. The molecule has 7 heteroatoms. The zero-order chi connectivity index (χ0) is 15.8. The summed E-state index contributed by atoms with van der Waals surface area (Å²) in [7, 11) is 3.87. The molecular formula is C14H18BrF3N2O. The Morgan fingerprint density at radius 2 is 2.05 bits per heavy atom. The van der Waals surface area contributed by atoms with Crippen LogP contribution in [0.3, 0.4) is 0 Å². The van der Waals surface area contributed by atoms with E-state index in [0.717, 1.165) is 18.7 Å². The molecular weight excluding hydrogens is 349 g/mol. The summed E-state index contributed by atoms with van der Waals surface area (Å²) in [4.78, 5) is 3.97. The quantitative estimate of drug-likeness (QED) is 0.890. The van der Waals surface area contributed by atoms with Crippen LogP contribution in [0, 0.1) is 0 Å². The molecule has 1 heterocycles. The normalized spacial score (nSPS) is 23.1. The highest BCUT2D eigenvalue weighted by atomic mass is 79.9. The van der Waals surface area contributed by atoms with E-state index in [1.54, 1.807) is 0 Å². The molecule has 1 aliphatic rings. The molecule has 1 saturated heterocycles. The Hall–Kier alpha value is -0.790. The van der Waals surface area contributed by atoms with Gasteiger partial charge in [0.05, 0.1) is 17.4 Å². The van der Waals surface area contributed by atoms with E-state index < -0.39 is 17.8 Å². The van der Waals surface area contributed by atoms with Gasteiger partial charge in [0.15, 0.2) is 0 Å². The zero-order valence-electron chi connectivity index (χ0n) is 11.9. The second-order valence-corrected chi connectivity index (χ2v) is 6.48. The molecule has 2 unspecified atom stereocenters. The van der Waals surface area contributed by atoms with Crippen LogP contribution in [0.15, 0.2) is 22.7 Å². The first-order valence-electron chi connectivity index (χ1n) is 6.64. The number of aliphatic hydroxyl groups excluding tert-OH is 1. The Morgan fingerprint density at radius 3 is 2.57 bits per heavy atom. The summed E-state index contributed by atoms with van der Waals surface area (Å²) in [5.41, 5.74) is 0.00781. The lowest BCUT2D eigenvalue weighted by Gasteiger charge is -2.29. The number of benzene rings is 1. The number of β-amino-alcohol motifs (C(OH)–C–C–N with tert-alkyl or cyclic N) is 1. The molecule has 1 aromatic rings. The SMILES string of the molecule is CN(C)CC1CC(O)CN1c1ccc(C(F)(F)F)cc1Br. The highest BCUT2D eigenvalue weighted by molar-refractivity contribution is 9.10. The highest BCUT2D eigenvalue weighted by Crippen LogP contribution is 2.37. The number of nitrogens with zero attached hydrogens (tertiary/aromatic N) is 2. The lowest BCUT2D eigenvalue weighted by Crippen LogP contribution is -2.37. The number of rotatable bonds is 3. The van der Waals surface area contributed by atoms with Crippen molar-refractivity contribution in [1.82, 2.24) is 4.90 Å². The van der Waals surface area contributed by atoms with E-state index in [0.29, 0.717) is 23.1 Å². The average molecular weight is 367 g/mol. The Morgan fingerprint density at radius 1 is 1.38 bits per heavy atom. The molecule has 2 atom stereocenters. The number of anilines is 1. The molecule has 2 rings (SSSR count). The van der Waals surface area contributed by atoms with Crippen LogP contribution in [0.2, 0.25) is 0 Å². The van der Waals surface area contributed by atoms with Crippen LogP contribution in [-0.4, -0.2) is 49.3 Å². The summed E-state index contributed by atoms with van der Waals surface area (Å²) in [6, 6.07) is 3.72. The Kier molecular flexibility index (Phi) is 4.85. The summed E-state index contributed by atoms with van der Waals surface area (Å²) >= 11 is 3.23. The topological polar surface area (TPSA) is 26.7 Å². The molecule has 1 N–H and O–H groups in total. The van der Waals surface area contributed by atoms with Gasteiger partial charge in [-0.05, 0) is 54.6 Å². The lowest BCUT2D eigenvalue weighted by molar-refractivity contribution is -0.137. The van der Waals surface area contributed by atoms with E-state index in [4.69, 9.17) is 0 Å². The molecule has 0 aliphatic carbocycles.